The number of nitrogens with zero attached hydrogens (tertiary/aromatic N) is 6. The molecule has 1 aromatic carbocycles. The fraction of sp³-hybridized carbons (Fsp3) is 0.541. The molecule has 0 aliphatic carbocycles. The number of para-hydroxylation sites is 1. The maximum atomic E-state index is 14.9. The summed E-state index contributed by atoms with van der Waals surface area (Å²) < 4.78 is 89.6. The van der Waals surface area contributed by atoms with Gasteiger partial charge in [-0.1, -0.05) is 31.5 Å². The van der Waals surface area contributed by atoms with Crippen LogP contribution in [0.5, 0.6) is 5.75 Å². The highest BCUT2D eigenvalue weighted by molar-refractivity contribution is 7.10. The fourth-order valence-corrected chi connectivity index (χ4v) is 8.40. The van der Waals surface area contributed by atoms with Gasteiger partial charge in [0.1, 0.15) is 10.6 Å². The molecule has 3 aliphatic rings. The van der Waals surface area contributed by atoms with Crippen LogP contribution in [0.4, 0.5) is 32.0 Å². The van der Waals surface area contributed by atoms with Crippen LogP contribution in [-0.4, -0.2) is 114 Å². The van der Waals surface area contributed by atoms with Crippen LogP contribution >= 0.6 is 11.3 Å². The first kappa shape index (κ1) is 38.8. The summed E-state index contributed by atoms with van der Waals surface area (Å²) >= 11 is 0.425. The molecule has 53 heavy (non-hydrogen) atoms. The first-order valence-electron chi connectivity index (χ1n) is 17.9. The predicted molar refractivity (Wildman–Crippen MR) is 189 cm³/mol. The lowest BCUT2D eigenvalue weighted by Gasteiger charge is -2.51. The number of carbonyl (C=O) groups excluding carboxylic acids is 2. The molecular weight excluding hydrogens is 723 g/mol. The van der Waals surface area contributed by atoms with Crippen molar-refractivity contribution in [2.45, 2.75) is 63.1 Å². The summed E-state index contributed by atoms with van der Waals surface area (Å²) in [6.07, 6.45) is -6.86. The Hall–Kier alpha value is -3.89. The van der Waals surface area contributed by atoms with Gasteiger partial charge in [-0.15, -0.1) is 11.3 Å². The Kier molecular flexibility index (Phi) is 11.6. The van der Waals surface area contributed by atoms with E-state index in [1.165, 1.54) is 15.8 Å². The second kappa shape index (κ2) is 15.8. The number of likely N-dealkylation sites (N-methyl/N-ethyl adjacent to an activating group) is 1. The second-order valence-corrected chi connectivity index (χ2v) is 14.9. The third-order valence-electron chi connectivity index (χ3n) is 10.4. The standard InChI is InChI=1S/C37H44F6N6O3S/c1-3-7-31-35(52-27-22-32(53-25-27)37(41,42)43,11-6-13-49(31)33(50)28-23-44-12-10-29(28)36(38,39)40)34(51)48-20-18-47(19-21-48)30-9-5-4-8-26(30)24-46-16-14-45(2)15-17-46/h4-5,8-10,12,22-23,25,31H,3,6-7,11,13-21,24H2,1-2H3/t31-,35+/m1/s1. The van der Waals surface area contributed by atoms with E-state index in [1.807, 2.05) is 19.1 Å². The summed E-state index contributed by atoms with van der Waals surface area (Å²) in [7, 11) is 2.11. The molecule has 2 atom stereocenters. The summed E-state index contributed by atoms with van der Waals surface area (Å²) in [5.41, 5.74) is -1.43. The third kappa shape index (κ3) is 8.44. The number of pyridine rings is 1. The van der Waals surface area contributed by atoms with E-state index < -0.39 is 51.8 Å². The van der Waals surface area contributed by atoms with E-state index in [0.29, 0.717) is 30.8 Å². The van der Waals surface area contributed by atoms with Gasteiger partial charge in [0, 0.05) is 101 Å². The molecule has 9 nitrogen and oxygen atoms in total. The van der Waals surface area contributed by atoms with Crippen molar-refractivity contribution in [1.29, 1.82) is 0 Å². The van der Waals surface area contributed by atoms with Gasteiger partial charge in [0.25, 0.3) is 11.8 Å². The number of anilines is 1. The van der Waals surface area contributed by atoms with E-state index in [2.05, 4.69) is 38.9 Å². The molecule has 16 heteroatoms. The number of piperidine rings is 1. The minimum atomic E-state index is -4.85. The van der Waals surface area contributed by atoms with Gasteiger partial charge in [-0.05, 0) is 37.6 Å². The molecule has 3 aromatic rings. The Balaban J connectivity index is 1.29. The number of alkyl halides is 6. The van der Waals surface area contributed by atoms with Crippen LogP contribution in [0, 0.1) is 0 Å². The zero-order valence-electron chi connectivity index (χ0n) is 29.8. The average molecular weight is 767 g/mol. The minimum absolute atomic E-state index is 0.0311. The van der Waals surface area contributed by atoms with Crippen LogP contribution in [0.25, 0.3) is 0 Å². The second-order valence-electron chi connectivity index (χ2n) is 13.9. The first-order valence-corrected chi connectivity index (χ1v) is 18.8. The number of benzene rings is 1. The van der Waals surface area contributed by atoms with E-state index >= 15 is 0 Å². The molecule has 5 heterocycles. The van der Waals surface area contributed by atoms with E-state index in [4.69, 9.17) is 4.74 Å². The number of hydrogen-bond acceptors (Lipinski definition) is 8. The van der Waals surface area contributed by atoms with Crippen LogP contribution < -0.4 is 9.64 Å². The molecule has 2 aromatic heterocycles. The molecular formula is C37H44F6N6O3S. The van der Waals surface area contributed by atoms with Crippen molar-refractivity contribution >= 4 is 28.8 Å². The van der Waals surface area contributed by atoms with E-state index in [0.717, 1.165) is 62.9 Å². The molecule has 288 valence electrons. The van der Waals surface area contributed by atoms with Gasteiger partial charge in [-0.25, -0.2) is 0 Å². The van der Waals surface area contributed by atoms with Crippen molar-refractivity contribution in [3.63, 3.8) is 0 Å². The molecule has 2 amide bonds. The van der Waals surface area contributed by atoms with E-state index in [1.54, 1.807) is 4.90 Å². The number of halogens is 6. The van der Waals surface area contributed by atoms with Crippen molar-refractivity contribution in [3.8, 4) is 5.75 Å². The van der Waals surface area contributed by atoms with Crippen molar-refractivity contribution in [2.24, 2.45) is 0 Å². The highest BCUT2D eigenvalue weighted by Crippen LogP contribution is 2.43. The molecule has 0 bridgehead atoms. The zero-order chi connectivity index (χ0) is 38.0. The van der Waals surface area contributed by atoms with Crippen LogP contribution in [0.15, 0.2) is 54.2 Å². The fourth-order valence-electron chi connectivity index (χ4n) is 7.72. The summed E-state index contributed by atoms with van der Waals surface area (Å²) in [5.74, 6) is -1.65. The van der Waals surface area contributed by atoms with Crippen LogP contribution in [0.2, 0.25) is 0 Å². The van der Waals surface area contributed by atoms with E-state index in [-0.39, 0.29) is 44.6 Å². The van der Waals surface area contributed by atoms with Crippen molar-refractivity contribution in [1.82, 2.24) is 24.6 Å². The van der Waals surface area contributed by atoms with E-state index in [9.17, 15) is 35.9 Å². The summed E-state index contributed by atoms with van der Waals surface area (Å²) in [6, 6.07) is 8.66. The maximum absolute atomic E-state index is 14.9. The lowest BCUT2D eigenvalue weighted by molar-refractivity contribution is -0.159. The largest absolute Gasteiger partial charge is 0.474 e. The number of thiophene rings is 1. The molecule has 0 saturated carbocycles. The molecule has 0 unspecified atom stereocenters. The Morgan fingerprint density at radius 2 is 1.66 bits per heavy atom. The number of piperazine rings is 2. The topological polar surface area (TPSA) is 72.5 Å². The molecule has 6 rings (SSSR count). The van der Waals surface area contributed by atoms with Gasteiger partial charge < -0.3 is 24.3 Å². The van der Waals surface area contributed by atoms with Crippen LogP contribution in [0.3, 0.4) is 0 Å². The number of amides is 2. The quantitative estimate of drug-likeness (QED) is 0.231. The molecule has 0 N–H and O–H groups in total. The van der Waals surface area contributed by atoms with Crippen molar-refractivity contribution in [3.05, 3.63) is 75.7 Å². The Morgan fingerprint density at radius 3 is 2.32 bits per heavy atom. The smallest absolute Gasteiger partial charge is 0.425 e. The predicted octanol–water partition coefficient (Wildman–Crippen LogP) is 6.50. The minimum Gasteiger partial charge on any atom is -0.474 e. The van der Waals surface area contributed by atoms with Gasteiger partial charge in [0.15, 0.2) is 0 Å². The van der Waals surface area contributed by atoms with Crippen LogP contribution in [0.1, 0.15) is 59.0 Å². The van der Waals surface area contributed by atoms with Crippen molar-refractivity contribution < 1.29 is 40.7 Å². The highest BCUT2D eigenvalue weighted by Gasteiger charge is 2.56. The zero-order valence-corrected chi connectivity index (χ0v) is 30.6. The average Bonchev–Trinajstić information content (AvgIpc) is 3.62. The number of hydrogen-bond donors (Lipinski definition) is 0. The maximum Gasteiger partial charge on any atom is 0.425 e. The number of aromatic nitrogens is 1. The Morgan fingerprint density at radius 1 is 0.943 bits per heavy atom. The summed E-state index contributed by atoms with van der Waals surface area (Å²) in [5, 5.41) is 1.18. The number of carbonyl (C=O) groups is 2. The normalized spacial score (nSPS) is 22.3. The lowest BCUT2D eigenvalue weighted by atomic mass is 9.79. The van der Waals surface area contributed by atoms with Gasteiger partial charge in [0.05, 0.1) is 17.2 Å². The Labute approximate surface area is 309 Å². The lowest BCUT2D eigenvalue weighted by Crippen LogP contribution is -2.69. The number of ether oxygens (including phenoxy) is 1. The molecule has 0 radical (unpaired) electrons. The van der Waals surface area contributed by atoms with Gasteiger partial charge in [-0.3, -0.25) is 19.5 Å². The molecule has 3 fully saturated rings. The van der Waals surface area contributed by atoms with Crippen LogP contribution in [-0.2, 0) is 23.7 Å². The van der Waals surface area contributed by atoms with Crippen molar-refractivity contribution in [2.75, 3.05) is 70.9 Å². The number of likely N-dealkylation sites (tertiary alicyclic amines) is 1. The number of rotatable bonds is 9. The van der Waals surface area contributed by atoms with Gasteiger partial charge in [0.2, 0.25) is 5.60 Å². The van der Waals surface area contributed by atoms with Gasteiger partial charge >= 0.3 is 12.4 Å². The highest BCUT2D eigenvalue weighted by atomic mass is 32.1. The molecule has 0 spiro atoms. The molecule has 3 aliphatic heterocycles. The van der Waals surface area contributed by atoms with Gasteiger partial charge in [-0.2, -0.15) is 26.3 Å². The third-order valence-corrected chi connectivity index (χ3v) is 11.4. The summed E-state index contributed by atoms with van der Waals surface area (Å²) in [4.78, 5) is 41.7. The monoisotopic (exact) mass is 766 g/mol. The molecule has 3 saturated heterocycles. The Bertz CT molecular complexity index is 1740. The SMILES string of the molecule is CCC[C@H]1N(C(=O)c2cnccc2C(F)(F)F)CCC[C@@]1(Oc1csc(C(F)(F)F)c1)C(=O)N1CCN(c2ccccc2CN2CCN(C)CC2)CC1. The first-order chi connectivity index (χ1) is 25.2. The summed E-state index contributed by atoms with van der Waals surface area (Å²) in [6.45, 7) is 8.03.